The van der Waals surface area contributed by atoms with E-state index in [2.05, 4.69) is 15.9 Å². The molecule has 0 aliphatic heterocycles. The minimum Gasteiger partial charge on any atom is -0.386 e. The number of benzene rings is 1. The van der Waals surface area contributed by atoms with Crippen molar-refractivity contribution >= 4 is 15.9 Å². The van der Waals surface area contributed by atoms with E-state index in [0.717, 1.165) is 4.47 Å². The summed E-state index contributed by atoms with van der Waals surface area (Å²) in [7, 11) is 1.51. The Morgan fingerprint density at radius 2 is 2.20 bits per heavy atom. The lowest BCUT2D eigenvalue weighted by molar-refractivity contribution is -0.0164. The Kier molecular flexibility index (Phi) is 4.70. The van der Waals surface area contributed by atoms with Crippen LogP contribution in [0, 0.1) is 5.82 Å². The molecule has 2 nitrogen and oxygen atoms in total. The molecule has 0 fully saturated rings. The van der Waals surface area contributed by atoms with Crippen LogP contribution in [0.5, 0.6) is 0 Å². The molecular formula is C11H14BrFO2. The Hall–Kier alpha value is -0.450. The lowest BCUT2D eigenvalue weighted by atomic mass is 10.0. The van der Waals surface area contributed by atoms with Crippen molar-refractivity contribution in [1.82, 2.24) is 0 Å². The third-order valence-electron chi connectivity index (χ3n) is 2.33. The smallest absolute Gasteiger partial charge is 0.129 e. The van der Waals surface area contributed by atoms with Crippen molar-refractivity contribution in [3.05, 3.63) is 34.1 Å². The number of halogens is 2. The number of ether oxygens (including phenoxy) is 1. The second kappa shape index (κ2) is 5.58. The largest absolute Gasteiger partial charge is 0.386 e. The predicted molar refractivity (Wildman–Crippen MR) is 60.1 cm³/mol. The fourth-order valence-corrected chi connectivity index (χ4v) is 1.84. The average Bonchev–Trinajstić information content (AvgIpc) is 2.23. The summed E-state index contributed by atoms with van der Waals surface area (Å²) in [5, 5.41) is 9.90. The lowest BCUT2D eigenvalue weighted by Crippen LogP contribution is -2.20. The topological polar surface area (TPSA) is 29.5 Å². The molecule has 0 aliphatic rings. The van der Waals surface area contributed by atoms with Gasteiger partial charge in [0.05, 0.1) is 6.10 Å². The van der Waals surface area contributed by atoms with E-state index in [-0.39, 0.29) is 11.7 Å². The summed E-state index contributed by atoms with van der Waals surface area (Å²) < 4.78 is 19.2. The van der Waals surface area contributed by atoms with Crippen LogP contribution in [0.2, 0.25) is 0 Å². The van der Waals surface area contributed by atoms with Gasteiger partial charge in [-0.05, 0) is 24.6 Å². The number of rotatable bonds is 4. The zero-order chi connectivity index (χ0) is 11.4. The molecule has 1 aromatic carbocycles. The van der Waals surface area contributed by atoms with Crippen LogP contribution in [0.3, 0.4) is 0 Å². The molecule has 15 heavy (non-hydrogen) atoms. The van der Waals surface area contributed by atoms with Crippen LogP contribution in [0.15, 0.2) is 22.7 Å². The Morgan fingerprint density at radius 1 is 1.53 bits per heavy atom. The van der Waals surface area contributed by atoms with Crippen LogP contribution in [0.4, 0.5) is 4.39 Å². The van der Waals surface area contributed by atoms with E-state index in [4.69, 9.17) is 4.74 Å². The van der Waals surface area contributed by atoms with Gasteiger partial charge in [0.2, 0.25) is 0 Å². The molecule has 2 unspecified atom stereocenters. The Morgan fingerprint density at radius 3 is 2.73 bits per heavy atom. The van der Waals surface area contributed by atoms with E-state index in [0.29, 0.717) is 6.42 Å². The van der Waals surface area contributed by atoms with E-state index < -0.39 is 11.9 Å². The molecule has 1 aromatic rings. The third-order valence-corrected chi connectivity index (χ3v) is 2.83. The molecule has 0 aromatic heterocycles. The highest BCUT2D eigenvalue weighted by Crippen LogP contribution is 2.26. The maximum absolute atomic E-state index is 13.4. The van der Waals surface area contributed by atoms with Crippen molar-refractivity contribution in [2.45, 2.75) is 25.6 Å². The highest BCUT2D eigenvalue weighted by Gasteiger charge is 2.21. The summed E-state index contributed by atoms with van der Waals surface area (Å²) in [4.78, 5) is 0. The zero-order valence-electron chi connectivity index (χ0n) is 8.71. The van der Waals surface area contributed by atoms with E-state index in [9.17, 15) is 9.50 Å². The van der Waals surface area contributed by atoms with Gasteiger partial charge in [0.1, 0.15) is 11.9 Å². The molecule has 0 radical (unpaired) electrons. The van der Waals surface area contributed by atoms with Crippen LogP contribution >= 0.6 is 15.9 Å². The molecule has 0 spiro atoms. The number of hydrogen-bond acceptors (Lipinski definition) is 2. The molecule has 0 bridgehead atoms. The molecule has 0 saturated carbocycles. The van der Waals surface area contributed by atoms with E-state index in [1.807, 2.05) is 6.92 Å². The number of methoxy groups -OCH3 is 1. The fourth-order valence-electron chi connectivity index (χ4n) is 1.46. The molecule has 1 N–H and O–H groups in total. The first-order valence-electron chi connectivity index (χ1n) is 4.76. The maximum Gasteiger partial charge on any atom is 0.129 e. The highest BCUT2D eigenvalue weighted by molar-refractivity contribution is 9.10. The second-order valence-electron chi connectivity index (χ2n) is 3.29. The van der Waals surface area contributed by atoms with E-state index >= 15 is 0 Å². The van der Waals surface area contributed by atoms with Gasteiger partial charge in [-0.25, -0.2) is 4.39 Å². The fraction of sp³-hybridized carbons (Fsp3) is 0.455. The first-order valence-corrected chi connectivity index (χ1v) is 5.55. The maximum atomic E-state index is 13.4. The van der Waals surface area contributed by atoms with Crippen LogP contribution in [0.1, 0.15) is 25.0 Å². The molecule has 0 saturated heterocycles. The summed E-state index contributed by atoms with van der Waals surface area (Å²) in [6, 6.07) is 4.49. The molecular weight excluding hydrogens is 263 g/mol. The van der Waals surface area contributed by atoms with Gasteiger partial charge in [-0.3, -0.25) is 0 Å². The molecule has 84 valence electrons. The number of hydrogen-bond donors (Lipinski definition) is 1. The Balaban J connectivity index is 2.98. The molecule has 0 amide bonds. The lowest BCUT2D eigenvalue weighted by Gasteiger charge is -2.20. The SMILES string of the molecule is CCC(OC)C(O)c1cc(Br)ccc1F. The monoisotopic (exact) mass is 276 g/mol. The van der Waals surface area contributed by atoms with Crippen molar-refractivity contribution < 1.29 is 14.2 Å². The summed E-state index contributed by atoms with van der Waals surface area (Å²) in [5.74, 6) is -0.416. The van der Waals surface area contributed by atoms with Crippen LogP contribution in [0.25, 0.3) is 0 Å². The number of aliphatic hydroxyl groups excluding tert-OH is 1. The Bertz CT molecular complexity index is 326. The minimum absolute atomic E-state index is 0.262. The second-order valence-corrected chi connectivity index (χ2v) is 4.21. The van der Waals surface area contributed by atoms with Crippen molar-refractivity contribution in [2.24, 2.45) is 0 Å². The van der Waals surface area contributed by atoms with E-state index in [1.165, 1.54) is 13.2 Å². The standard InChI is InChI=1S/C11H14BrFO2/c1-3-10(15-2)11(14)8-6-7(12)4-5-9(8)13/h4-6,10-11,14H,3H2,1-2H3. The third kappa shape index (κ3) is 3.00. The quantitative estimate of drug-likeness (QED) is 0.916. The van der Waals surface area contributed by atoms with Gasteiger partial charge in [-0.2, -0.15) is 0 Å². The van der Waals surface area contributed by atoms with Gasteiger partial charge in [-0.15, -0.1) is 0 Å². The van der Waals surface area contributed by atoms with E-state index in [1.54, 1.807) is 12.1 Å². The van der Waals surface area contributed by atoms with Gasteiger partial charge in [0, 0.05) is 17.1 Å². The van der Waals surface area contributed by atoms with Crippen molar-refractivity contribution in [3.8, 4) is 0 Å². The average molecular weight is 277 g/mol. The first kappa shape index (κ1) is 12.6. The van der Waals surface area contributed by atoms with Gasteiger partial charge >= 0.3 is 0 Å². The first-order chi connectivity index (χ1) is 7.10. The van der Waals surface area contributed by atoms with Crippen LogP contribution in [-0.2, 0) is 4.74 Å². The van der Waals surface area contributed by atoms with Crippen molar-refractivity contribution in [3.63, 3.8) is 0 Å². The summed E-state index contributed by atoms with van der Waals surface area (Å²) in [5.41, 5.74) is 0.262. The van der Waals surface area contributed by atoms with Gasteiger partial charge in [-0.1, -0.05) is 22.9 Å². The summed E-state index contributed by atoms with van der Waals surface area (Å²) in [6.45, 7) is 1.88. The molecule has 4 heteroatoms. The summed E-state index contributed by atoms with van der Waals surface area (Å²) >= 11 is 3.24. The van der Waals surface area contributed by atoms with Crippen molar-refractivity contribution in [2.75, 3.05) is 7.11 Å². The van der Waals surface area contributed by atoms with Gasteiger partial charge in [0.25, 0.3) is 0 Å². The summed E-state index contributed by atoms with van der Waals surface area (Å²) in [6.07, 6.45) is -0.685. The van der Waals surface area contributed by atoms with Crippen LogP contribution in [-0.4, -0.2) is 18.3 Å². The molecule has 2 atom stereocenters. The normalized spacial score (nSPS) is 15.0. The molecule has 1 rings (SSSR count). The van der Waals surface area contributed by atoms with Crippen molar-refractivity contribution in [1.29, 1.82) is 0 Å². The zero-order valence-corrected chi connectivity index (χ0v) is 10.3. The molecule has 0 aliphatic carbocycles. The molecule has 0 heterocycles. The number of aliphatic hydroxyl groups is 1. The van der Waals surface area contributed by atoms with Gasteiger partial charge in [0.15, 0.2) is 0 Å². The predicted octanol–water partition coefficient (Wildman–Crippen LogP) is 3.05. The van der Waals surface area contributed by atoms with Crippen LogP contribution < -0.4 is 0 Å². The Labute approximate surface area is 97.2 Å². The highest BCUT2D eigenvalue weighted by atomic mass is 79.9. The van der Waals surface area contributed by atoms with Gasteiger partial charge < -0.3 is 9.84 Å². The minimum atomic E-state index is -0.933.